The second-order valence-electron chi connectivity index (χ2n) is 5.08. The van der Waals surface area contributed by atoms with E-state index in [9.17, 15) is 0 Å². The van der Waals surface area contributed by atoms with Gasteiger partial charge in [-0.2, -0.15) is 11.8 Å². The number of nitrogens with one attached hydrogen (secondary N) is 1. The molecule has 0 bridgehead atoms. The predicted molar refractivity (Wildman–Crippen MR) is 83.8 cm³/mol. The molecule has 4 heteroatoms. The summed E-state index contributed by atoms with van der Waals surface area (Å²) in [4.78, 5) is 0. The molecule has 3 N–H and O–H groups in total. The van der Waals surface area contributed by atoms with Gasteiger partial charge in [-0.15, -0.1) is 0 Å². The van der Waals surface area contributed by atoms with E-state index in [1.54, 1.807) is 0 Å². The molecule has 0 aliphatic heterocycles. The van der Waals surface area contributed by atoms with Gasteiger partial charge in [0.15, 0.2) is 0 Å². The largest absolute Gasteiger partial charge is 0.397 e. The first-order valence-corrected chi connectivity index (χ1v) is 8.02. The highest BCUT2D eigenvalue weighted by Gasteiger charge is 2.32. The van der Waals surface area contributed by atoms with Crippen LogP contribution in [-0.2, 0) is 0 Å². The minimum Gasteiger partial charge on any atom is -0.397 e. The third-order valence-corrected chi connectivity index (χ3v) is 5.79. The van der Waals surface area contributed by atoms with Crippen molar-refractivity contribution in [2.24, 2.45) is 0 Å². The van der Waals surface area contributed by atoms with E-state index in [1.165, 1.54) is 25.7 Å². The number of thioether (sulfide) groups is 1. The van der Waals surface area contributed by atoms with Gasteiger partial charge in [0, 0.05) is 16.3 Å². The van der Waals surface area contributed by atoms with Crippen LogP contribution >= 0.6 is 23.4 Å². The van der Waals surface area contributed by atoms with Crippen molar-refractivity contribution >= 4 is 34.7 Å². The number of hydrogen-bond acceptors (Lipinski definition) is 3. The van der Waals surface area contributed by atoms with Crippen molar-refractivity contribution in [1.29, 1.82) is 0 Å². The molecule has 1 fully saturated rings. The van der Waals surface area contributed by atoms with E-state index in [4.69, 9.17) is 17.3 Å². The number of nitrogens with two attached hydrogens (primary N) is 1. The SMILES string of the molecule is CSC1(CNc2c(N)ccc(Cl)c2C)CCCC1. The first-order valence-electron chi connectivity index (χ1n) is 6.41. The fourth-order valence-electron chi connectivity index (χ4n) is 2.66. The summed E-state index contributed by atoms with van der Waals surface area (Å²) in [7, 11) is 0. The van der Waals surface area contributed by atoms with Gasteiger partial charge in [0.05, 0.1) is 11.4 Å². The van der Waals surface area contributed by atoms with Crippen LogP contribution in [0.15, 0.2) is 12.1 Å². The zero-order valence-corrected chi connectivity index (χ0v) is 12.6. The molecule has 2 rings (SSSR count). The Morgan fingerprint density at radius 3 is 2.67 bits per heavy atom. The molecule has 1 saturated carbocycles. The lowest BCUT2D eigenvalue weighted by atomic mass is 10.1. The van der Waals surface area contributed by atoms with Crippen molar-refractivity contribution < 1.29 is 0 Å². The molecule has 0 saturated heterocycles. The van der Waals surface area contributed by atoms with E-state index in [0.717, 1.165) is 28.5 Å². The van der Waals surface area contributed by atoms with Crippen LogP contribution in [0.2, 0.25) is 5.02 Å². The van der Waals surface area contributed by atoms with E-state index in [2.05, 4.69) is 11.6 Å². The van der Waals surface area contributed by atoms with Gasteiger partial charge in [0.2, 0.25) is 0 Å². The van der Waals surface area contributed by atoms with E-state index < -0.39 is 0 Å². The predicted octanol–water partition coefficient (Wildman–Crippen LogP) is 4.32. The molecule has 1 aliphatic carbocycles. The molecule has 100 valence electrons. The third-order valence-electron chi connectivity index (χ3n) is 3.97. The van der Waals surface area contributed by atoms with Crippen LogP contribution in [0.25, 0.3) is 0 Å². The average molecular weight is 285 g/mol. The topological polar surface area (TPSA) is 38.0 Å². The Balaban J connectivity index is 2.12. The molecule has 1 aromatic rings. The van der Waals surface area contributed by atoms with Gasteiger partial charge >= 0.3 is 0 Å². The summed E-state index contributed by atoms with van der Waals surface area (Å²) in [5, 5.41) is 4.30. The molecular weight excluding hydrogens is 264 g/mol. The number of hydrogen-bond donors (Lipinski definition) is 2. The highest BCUT2D eigenvalue weighted by atomic mass is 35.5. The molecule has 0 radical (unpaired) electrons. The van der Waals surface area contributed by atoms with Crippen LogP contribution in [0.5, 0.6) is 0 Å². The highest BCUT2D eigenvalue weighted by molar-refractivity contribution is 8.00. The lowest BCUT2D eigenvalue weighted by molar-refractivity contribution is 0.640. The van der Waals surface area contributed by atoms with Gasteiger partial charge in [-0.05, 0) is 43.7 Å². The summed E-state index contributed by atoms with van der Waals surface area (Å²) in [6.07, 6.45) is 7.47. The van der Waals surface area contributed by atoms with Gasteiger partial charge in [0.1, 0.15) is 0 Å². The fourth-order valence-corrected chi connectivity index (χ4v) is 3.73. The summed E-state index contributed by atoms with van der Waals surface area (Å²) in [6, 6.07) is 3.73. The van der Waals surface area contributed by atoms with Gasteiger partial charge in [-0.3, -0.25) is 0 Å². The number of rotatable bonds is 4. The average Bonchev–Trinajstić information content (AvgIpc) is 2.84. The van der Waals surface area contributed by atoms with Crippen molar-refractivity contribution in [2.75, 3.05) is 23.9 Å². The zero-order valence-electron chi connectivity index (χ0n) is 11.1. The first kappa shape index (κ1) is 13.9. The monoisotopic (exact) mass is 284 g/mol. The Bertz CT molecular complexity index is 428. The molecule has 1 aliphatic rings. The zero-order chi connectivity index (χ0) is 13.2. The molecule has 0 aromatic heterocycles. The number of anilines is 2. The van der Waals surface area contributed by atoms with E-state index in [0.29, 0.717) is 4.75 Å². The summed E-state index contributed by atoms with van der Waals surface area (Å²) in [6.45, 7) is 2.99. The Hall–Kier alpha value is -0.540. The second kappa shape index (κ2) is 5.62. The molecule has 2 nitrogen and oxygen atoms in total. The summed E-state index contributed by atoms with van der Waals surface area (Å²) < 4.78 is 0.376. The van der Waals surface area contributed by atoms with Crippen LogP contribution < -0.4 is 11.1 Å². The Morgan fingerprint density at radius 1 is 1.39 bits per heavy atom. The Labute approximate surface area is 119 Å². The number of benzene rings is 1. The summed E-state index contributed by atoms with van der Waals surface area (Å²) in [5.74, 6) is 0. The lowest BCUT2D eigenvalue weighted by Crippen LogP contribution is -2.30. The smallest absolute Gasteiger partial charge is 0.0619 e. The Morgan fingerprint density at radius 2 is 2.06 bits per heavy atom. The number of halogens is 1. The fraction of sp³-hybridized carbons (Fsp3) is 0.571. The van der Waals surface area contributed by atoms with Crippen molar-refractivity contribution in [2.45, 2.75) is 37.4 Å². The van der Waals surface area contributed by atoms with Crippen LogP contribution in [0, 0.1) is 6.92 Å². The molecule has 0 atom stereocenters. The maximum Gasteiger partial charge on any atom is 0.0619 e. The summed E-state index contributed by atoms with van der Waals surface area (Å²) in [5.41, 5.74) is 8.86. The normalized spacial score (nSPS) is 17.9. The molecule has 0 heterocycles. The van der Waals surface area contributed by atoms with Crippen molar-refractivity contribution in [3.8, 4) is 0 Å². The van der Waals surface area contributed by atoms with Crippen LogP contribution in [0.4, 0.5) is 11.4 Å². The Kier molecular flexibility index (Phi) is 4.33. The lowest BCUT2D eigenvalue weighted by Gasteiger charge is -2.28. The maximum absolute atomic E-state index is 6.15. The van der Waals surface area contributed by atoms with Crippen molar-refractivity contribution in [1.82, 2.24) is 0 Å². The van der Waals surface area contributed by atoms with Gasteiger partial charge in [-0.1, -0.05) is 24.4 Å². The van der Waals surface area contributed by atoms with Gasteiger partial charge < -0.3 is 11.1 Å². The molecule has 0 unspecified atom stereocenters. The molecule has 18 heavy (non-hydrogen) atoms. The standard InChI is InChI=1S/C14H21ClN2S/c1-10-11(15)5-6-12(16)13(10)17-9-14(18-2)7-3-4-8-14/h5-6,17H,3-4,7-9,16H2,1-2H3. The second-order valence-corrected chi connectivity index (χ2v) is 6.77. The quantitative estimate of drug-likeness (QED) is 0.809. The molecule has 0 spiro atoms. The number of nitrogen functional groups attached to an aromatic ring is 1. The molecule has 1 aromatic carbocycles. The van der Waals surface area contributed by atoms with Crippen molar-refractivity contribution in [3.63, 3.8) is 0 Å². The molecular formula is C14H21ClN2S. The first-order chi connectivity index (χ1) is 8.58. The van der Waals surface area contributed by atoms with Gasteiger partial charge in [-0.25, -0.2) is 0 Å². The molecule has 0 amide bonds. The van der Waals surface area contributed by atoms with Crippen LogP contribution in [-0.4, -0.2) is 17.5 Å². The minimum atomic E-state index is 0.376. The van der Waals surface area contributed by atoms with Crippen molar-refractivity contribution in [3.05, 3.63) is 22.7 Å². The van der Waals surface area contributed by atoms with E-state index in [1.807, 2.05) is 30.8 Å². The minimum absolute atomic E-state index is 0.376. The third kappa shape index (κ3) is 2.72. The van der Waals surface area contributed by atoms with Crippen LogP contribution in [0.3, 0.4) is 0 Å². The van der Waals surface area contributed by atoms with Gasteiger partial charge in [0.25, 0.3) is 0 Å². The van der Waals surface area contributed by atoms with Crippen LogP contribution in [0.1, 0.15) is 31.2 Å². The maximum atomic E-state index is 6.15. The van der Waals surface area contributed by atoms with E-state index >= 15 is 0 Å². The summed E-state index contributed by atoms with van der Waals surface area (Å²) >= 11 is 8.13. The van der Waals surface area contributed by atoms with E-state index in [-0.39, 0.29) is 0 Å². The highest BCUT2D eigenvalue weighted by Crippen LogP contribution is 2.41.